The molecule has 0 aliphatic carbocycles. The summed E-state index contributed by atoms with van der Waals surface area (Å²) in [5.74, 6) is -0.315. The molecule has 4 heterocycles. The molecule has 2 amide bonds. The number of oxazole rings is 1. The van der Waals surface area contributed by atoms with Crippen LogP contribution in [0.5, 0.6) is 5.75 Å². The molecule has 1 atom stereocenters. The smallest absolute Gasteiger partial charge is 0.392 e. The van der Waals surface area contributed by atoms with Crippen molar-refractivity contribution in [3.63, 3.8) is 0 Å². The number of alkyl halides is 3. The Morgan fingerprint density at radius 3 is 2.79 bits per heavy atom. The van der Waals surface area contributed by atoms with E-state index in [2.05, 4.69) is 20.3 Å². The van der Waals surface area contributed by atoms with Gasteiger partial charge in [0.1, 0.15) is 11.6 Å². The lowest BCUT2D eigenvalue weighted by molar-refractivity contribution is -0.139. The molecule has 34 heavy (non-hydrogen) atoms. The number of nitrogens with zero attached hydrogens (tertiary/aromatic N) is 4. The molecule has 0 spiro atoms. The molecule has 3 aromatic heterocycles. The molecule has 1 unspecified atom stereocenters. The minimum Gasteiger partial charge on any atom is -0.491 e. The second-order valence-electron chi connectivity index (χ2n) is 7.70. The Bertz CT molecular complexity index is 1210. The number of amides is 2. The average molecular weight is 475 g/mol. The Balaban J connectivity index is 1.48. The molecule has 178 valence electrons. The molecule has 0 saturated carbocycles. The van der Waals surface area contributed by atoms with Crippen molar-refractivity contribution < 1.29 is 31.9 Å². The van der Waals surface area contributed by atoms with Crippen LogP contribution in [0.1, 0.15) is 57.1 Å². The molecule has 0 fully saturated rings. The number of aromatic nitrogens is 3. The highest BCUT2D eigenvalue weighted by molar-refractivity contribution is 6.05. The summed E-state index contributed by atoms with van der Waals surface area (Å²) >= 11 is 0. The highest BCUT2D eigenvalue weighted by atomic mass is 19.4. The third-order valence-electron chi connectivity index (χ3n) is 5.39. The van der Waals surface area contributed by atoms with Crippen LogP contribution in [0.25, 0.3) is 0 Å². The van der Waals surface area contributed by atoms with Crippen molar-refractivity contribution in [3.05, 3.63) is 65.3 Å². The van der Waals surface area contributed by atoms with Gasteiger partial charge in [-0.3, -0.25) is 14.6 Å². The number of hydrogen-bond donors (Lipinski definition) is 1. The molecule has 0 aromatic carbocycles. The monoisotopic (exact) mass is 475 g/mol. The van der Waals surface area contributed by atoms with Crippen LogP contribution in [0.2, 0.25) is 0 Å². The van der Waals surface area contributed by atoms with E-state index in [4.69, 9.17) is 9.15 Å². The first-order valence-corrected chi connectivity index (χ1v) is 10.3. The van der Waals surface area contributed by atoms with Gasteiger partial charge in [-0.05, 0) is 31.5 Å². The number of carbonyl (C=O) groups is 2. The Morgan fingerprint density at radius 2 is 2.12 bits per heavy atom. The minimum absolute atomic E-state index is 0.00571. The molecule has 1 aliphatic heterocycles. The van der Waals surface area contributed by atoms with Crippen molar-refractivity contribution in [1.29, 1.82) is 0 Å². The molecule has 0 saturated heterocycles. The Morgan fingerprint density at radius 1 is 1.32 bits per heavy atom. The molecule has 1 N–H and O–H groups in total. The van der Waals surface area contributed by atoms with Crippen LogP contribution in [0.15, 0.2) is 41.5 Å². The molecular formula is C22H20F3N5O4. The maximum atomic E-state index is 13.1. The fourth-order valence-electron chi connectivity index (χ4n) is 3.55. The number of anilines is 1. The maximum Gasteiger partial charge on any atom is 0.392 e. The van der Waals surface area contributed by atoms with Gasteiger partial charge in [-0.2, -0.15) is 13.2 Å². The van der Waals surface area contributed by atoms with Crippen LogP contribution in [0.4, 0.5) is 19.0 Å². The second-order valence-corrected chi connectivity index (χ2v) is 7.70. The molecule has 4 rings (SSSR count). The van der Waals surface area contributed by atoms with Crippen LogP contribution >= 0.6 is 0 Å². The van der Waals surface area contributed by atoms with E-state index >= 15 is 0 Å². The molecule has 1 aliphatic rings. The van der Waals surface area contributed by atoms with Gasteiger partial charge >= 0.3 is 6.18 Å². The first-order valence-electron chi connectivity index (χ1n) is 10.3. The van der Waals surface area contributed by atoms with E-state index < -0.39 is 31.2 Å². The van der Waals surface area contributed by atoms with Gasteiger partial charge in [0.05, 0.1) is 43.7 Å². The Kier molecular flexibility index (Phi) is 6.22. The molecule has 0 radical (unpaired) electrons. The van der Waals surface area contributed by atoms with Gasteiger partial charge in [0, 0.05) is 17.3 Å². The summed E-state index contributed by atoms with van der Waals surface area (Å²) < 4.78 is 47.2. The van der Waals surface area contributed by atoms with Crippen molar-refractivity contribution in [2.45, 2.75) is 39.0 Å². The van der Waals surface area contributed by atoms with Crippen LogP contribution in [0.3, 0.4) is 0 Å². The van der Waals surface area contributed by atoms with Crippen LogP contribution in [-0.4, -0.2) is 44.4 Å². The summed E-state index contributed by atoms with van der Waals surface area (Å²) in [6, 6.07) is 2.79. The lowest BCUT2D eigenvalue weighted by Gasteiger charge is -2.24. The Hall–Kier alpha value is -3.96. The third kappa shape index (κ3) is 4.85. The number of aryl methyl sites for hydroxylation is 1. The number of carbonyl (C=O) groups excluding carboxylic acids is 2. The first-order chi connectivity index (χ1) is 16.1. The van der Waals surface area contributed by atoms with Gasteiger partial charge in [-0.1, -0.05) is 0 Å². The SMILES string of the molecule is Cc1cc(C(C)N2Cc3c(ccnc3NC(=O)c3cnco3)C2=O)ncc1OCCC(F)(F)F. The number of rotatable bonds is 7. The van der Waals surface area contributed by atoms with Crippen molar-refractivity contribution in [1.82, 2.24) is 19.9 Å². The third-order valence-corrected chi connectivity index (χ3v) is 5.39. The lowest BCUT2D eigenvalue weighted by atomic mass is 10.1. The number of hydrogen-bond acceptors (Lipinski definition) is 7. The lowest BCUT2D eigenvalue weighted by Crippen LogP contribution is -2.28. The zero-order valence-electron chi connectivity index (χ0n) is 18.2. The van der Waals surface area contributed by atoms with Crippen molar-refractivity contribution in [3.8, 4) is 5.75 Å². The number of pyridine rings is 2. The van der Waals surface area contributed by atoms with Gasteiger partial charge in [-0.15, -0.1) is 0 Å². The molecule has 12 heteroatoms. The maximum absolute atomic E-state index is 13.1. The van der Waals surface area contributed by atoms with E-state index in [0.29, 0.717) is 22.4 Å². The minimum atomic E-state index is -4.30. The summed E-state index contributed by atoms with van der Waals surface area (Å²) in [5, 5.41) is 2.64. The van der Waals surface area contributed by atoms with E-state index in [-0.39, 0.29) is 29.8 Å². The van der Waals surface area contributed by atoms with E-state index in [1.54, 1.807) is 30.9 Å². The highest BCUT2D eigenvalue weighted by Crippen LogP contribution is 2.34. The van der Waals surface area contributed by atoms with Crippen molar-refractivity contribution >= 4 is 17.6 Å². The number of nitrogens with one attached hydrogen (secondary N) is 1. The Labute approximate surface area is 192 Å². The van der Waals surface area contributed by atoms with Crippen LogP contribution < -0.4 is 10.1 Å². The summed E-state index contributed by atoms with van der Waals surface area (Å²) in [7, 11) is 0. The first kappa shape index (κ1) is 23.2. The zero-order valence-corrected chi connectivity index (χ0v) is 18.2. The predicted molar refractivity (Wildman–Crippen MR) is 112 cm³/mol. The zero-order chi connectivity index (χ0) is 24.5. The van der Waals surface area contributed by atoms with Gasteiger partial charge in [0.15, 0.2) is 6.39 Å². The molecule has 3 aromatic rings. The van der Waals surface area contributed by atoms with E-state index in [9.17, 15) is 22.8 Å². The average Bonchev–Trinajstić information content (AvgIpc) is 3.43. The van der Waals surface area contributed by atoms with Gasteiger partial charge in [0.25, 0.3) is 11.8 Å². The fraction of sp³-hybridized carbons (Fsp3) is 0.318. The summed E-state index contributed by atoms with van der Waals surface area (Å²) in [5.41, 5.74) is 2.10. The quantitative estimate of drug-likeness (QED) is 0.548. The van der Waals surface area contributed by atoms with Gasteiger partial charge < -0.3 is 19.4 Å². The van der Waals surface area contributed by atoms with E-state index in [1.165, 1.54) is 18.6 Å². The standard InChI is InChI=1S/C22H20F3N5O4/c1-12-7-16(28-9-17(12)33-6-4-22(23,24)25)13(2)30-10-15-14(21(30)32)3-5-27-19(15)29-20(31)18-8-26-11-34-18/h3,5,7-9,11,13H,4,6,10H2,1-2H3,(H,27,29,31). The largest absolute Gasteiger partial charge is 0.491 e. The molecule has 9 nitrogen and oxygen atoms in total. The van der Waals surface area contributed by atoms with Gasteiger partial charge in [0.2, 0.25) is 5.76 Å². The number of fused-ring (bicyclic) bond motifs is 1. The van der Waals surface area contributed by atoms with Gasteiger partial charge in [-0.25, -0.2) is 9.97 Å². The van der Waals surface area contributed by atoms with E-state index in [0.717, 1.165) is 6.39 Å². The molecular weight excluding hydrogens is 455 g/mol. The normalized spacial score (nSPS) is 14.1. The van der Waals surface area contributed by atoms with E-state index in [1.807, 2.05) is 0 Å². The summed E-state index contributed by atoms with van der Waals surface area (Å²) in [4.78, 5) is 39.1. The number of ether oxygens (including phenoxy) is 1. The topological polar surface area (TPSA) is 110 Å². The second kappa shape index (κ2) is 9.12. The fourth-order valence-corrected chi connectivity index (χ4v) is 3.55. The van der Waals surface area contributed by atoms with Crippen LogP contribution in [0, 0.1) is 6.92 Å². The molecule has 0 bridgehead atoms. The predicted octanol–water partition coefficient (Wildman–Crippen LogP) is 4.07. The highest BCUT2D eigenvalue weighted by Gasteiger charge is 2.35. The van der Waals surface area contributed by atoms with Crippen LogP contribution in [-0.2, 0) is 6.54 Å². The van der Waals surface area contributed by atoms with Crippen molar-refractivity contribution in [2.24, 2.45) is 0 Å². The van der Waals surface area contributed by atoms with Crippen molar-refractivity contribution in [2.75, 3.05) is 11.9 Å². The summed E-state index contributed by atoms with van der Waals surface area (Å²) in [6.45, 7) is 3.16. The number of halogens is 3. The summed E-state index contributed by atoms with van der Waals surface area (Å²) in [6.07, 6.45) is -0.182.